The number of imidazole rings is 1. The van der Waals surface area contributed by atoms with E-state index in [2.05, 4.69) is 34.8 Å². The first-order valence-electron chi connectivity index (χ1n) is 7.37. The topological polar surface area (TPSA) is 46.9 Å². The zero-order valence-corrected chi connectivity index (χ0v) is 12.1. The molecule has 0 saturated heterocycles. The lowest BCUT2D eigenvalue weighted by Crippen LogP contribution is -2.25. The van der Waals surface area contributed by atoms with E-state index in [-0.39, 0.29) is 5.91 Å². The lowest BCUT2D eigenvalue weighted by Gasteiger charge is -2.09. The summed E-state index contributed by atoms with van der Waals surface area (Å²) in [5, 5.41) is 2.99. The Morgan fingerprint density at radius 2 is 2.15 bits per heavy atom. The molecule has 4 nitrogen and oxygen atoms in total. The number of rotatable bonds is 5. The normalized spacial score (nSPS) is 14.9. The lowest BCUT2D eigenvalue weighted by atomic mass is 10.1. The highest BCUT2D eigenvalue weighted by atomic mass is 16.1. The lowest BCUT2D eigenvalue weighted by molar-refractivity contribution is -0.122. The Morgan fingerprint density at radius 3 is 2.85 bits per heavy atom. The molecular formula is C16H21N3O. The van der Waals surface area contributed by atoms with Crippen molar-refractivity contribution >= 4 is 16.9 Å². The number of hydrogen-bond acceptors (Lipinski definition) is 2. The third kappa shape index (κ3) is 2.69. The maximum absolute atomic E-state index is 11.8. The minimum atomic E-state index is 0.106. The third-order valence-electron chi connectivity index (χ3n) is 3.62. The molecule has 0 bridgehead atoms. The maximum Gasteiger partial charge on any atom is 0.220 e. The molecule has 1 amide bonds. The molecule has 1 saturated carbocycles. The Hall–Kier alpha value is -1.84. The Balaban J connectivity index is 1.80. The third-order valence-corrected chi connectivity index (χ3v) is 3.62. The van der Waals surface area contributed by atoms with Gasteiger partial charge in [-0.05, 0) is 30.9 Å². The van der Waals surface area contributed by atoms with Gasteiger partial charge in [0.2, 0.25) is 5.91 Å². The monoisotopic (exact) mass is 271 g/mol. The number of nitrogens with zero attached hydrogens (tertiary/aromatic N) is 2. The minimum absolute atomic E-state index is 0.106. The van der Waals surface area contributed by atoms with Crippen LogP contribution in [0.2, 0.25) is 0 Å². The van der Waals surface area contributed by atoms with Gasteiger partial charge in [0.15, 0.2) is 0 Å². The van der Waals surface area contributed by atoms with Crippen LogP contribution in [0.15, 0.2) is 24.3 Å². The summed E-state index contributed by atoms with van der Waals surface area (Å²) in [7, 11) is 0. The van der Waals surface area contributed by atoms with Gasteiger partial charge in [-0.2, -0.15) is 0 Å². The van der Waals surface area contributed by atoms with Crippen molar-refractivity contribution in [1.82, 2.24) is 14.9 Å². The van der Waals surface area contributed by atoms with Crippen molar-refractivity contribution in [3.8, 4) is 0 Å². The molecule has 0 unspecified atom stereocenters. The number of para-hydroxylation sites is 2. The second-order valence-electron chi connectivity index (χ2n) is 5.99. The molecular weight excluding hydrogens is 250 g/mol. The zero-order valence-electron chi connectivity index (χ0n) is 12.1. The second-order valence-corrected chi connectivity index (χ2v) is 5.99. The van der Waals surface area contributed by atoms with E-state index in [4.69, 9.17) is 0 Å². The fourth-order valence-electron chi connectivity index (χ4n) is 2.58. The SMILES string of the molecule is CC(C)CC(=O)NCc1nc2ccccc2n1C1CC1. The van der Waals surface area contributed by atoms with Crippen molar-refractivity contribution < 1.29 is 4.79 Å². The zero-order chi connectivity index (χ0) is 14.1. The van der Waals surface area contributed by atoms with Crippen LogP contribution >= 0.6 is 0 Å². The average Bonchev–Trinajstić information content (AvgIpc) is 3.16. The maximum atomic E-state index is 11.8. The van der Waals surface area contributed by atoms with E-state index >= 15 is 0 Å². The fraction of sp³-hybridized carbons (Fsp3) is 0.500. The van der Waals surface area contributed by atoms with Crippen LogP contribution in [0, 0.1) is 5.92 Å². The number of carbonyl (C=O) groups is 1. The number of aromatic nitrogens is 2. The summed E-state index contributed by atoms with van der Waals surface area (Å²) in [5.74, 6) is 1.47. The molecule has 3 rings (SSSR count). The molecule has 2 aromatic rings. The molecule has 0 atom stereocenters. The summed E-state index contributed by atoms with van der Waals surface area (Å²) < 4.78 is 2.30. The summed E-state index contributed by atoms with van der Waals surface area (Å²) in [5.41, 5.74) is 2.20. The van der Waals surface area contributed by atoms with Gasteiger partial charge in [-0.25, -0.2) is 4.98 Å². The first-order chi connectivity index (χ1) is 9.65. The first-order valence-corrected chi connectivity index (χ1v) is 7.37. The Bertz CT molecular complexity index is 626. The van der Waals surface area contributed by atoms with Crippen molar-refractivity contribution in [3.63, 3.8) is 0 Å². The largest absolute Gasteiger partial charge is 0.349 e. The summed E-state index contributed by atoms with van der Waals surface area (Å²) in [4.78, 5) is 16.5. The van der Waals surface area contributed by atoms with Gasteiger partial charge in [0.1, 0.15) is 5.82 Å². The van der Waals surface area contributed by atoms with E-state index in [0.717, 1.165) is 11.3 Å². The van der Waals surface area contributed by atoms with Gasteiger partial charge in [-0.1, -0.05) is 26.0 Å². The molecule has 1 N–H and O–H groups in total. The van der Waals surface area contributed by atoms with Crippen LogP contribution in [0.4, 0.5) is 0 Å². The molecule has 0 spiro atoms. The summed E-state index contributed by atoms with van der Waals surface area (Å²) in [6, 6.07) is 8.77. The summed E-state index contributed by atoms with van der Waals surface area (Å²) >= 11 is 0. The van der Waals surface area contributed by atoms with Crippen molar-refractivity contribution in [2.45, 2.75) is 45.7 Å². The van der Waals surface area contributed by atoms with Crippen molar-refractivity contribution in [3.05, 3.63) is 30.1 Å². The minimum Gasteiger partial charge on any atom is -0.349 e. The number of amides is 1. The number of carbonyl (C=O) groups excluding carboxylic acids is 1. The van der Waals surface area contributed by atoms with E-state index in [1.165, 1.54) is 18.4 Å². The Labute approximate surface area is 119 Å². The Kier molecular flexibility index (Phi) is 3.47. The standard InChI is InChI=1S/C16H21N3O/c1-11(2)9-16(20)17-10-15-18-13-5-3-4-6-14(13)19(15)12-7-8-12/h3-6,11-12H,7-10H2,1-2H3,(H,17,20). The summed E-state index contributed by atoms with van der Waals surface area (Å²) in [6.45, 7) is 4.63. The van der Waals surface area contributed by atoms with Gasteiger partial charge in [-0.3, -0.25) is 4.79 Å². The van der Waals surface area contributed by atoms with Crippen LogP contribution in [0.5, 0.6) is 0 Å². The fourth-order valence-corrected chi connectivity index (χ4v) is 2.58. The van der Waals surface area contributed by atoms with Crippen molar-refractivity contribution in [1.29, 1.82) is 0 Å². The van der Waals surface area contributed by atoms with E-state index in [9.17, 15) is 4.79 Å². The van der Waals surface area contributed by atoms with Gasteiger partial charge in [0.05, 0.1) is 17.6 Å². The summed E-state index contributed by atoms with van der Waals surface area (Å²) in [6.07, 6.45) is 3.00. The van der Waals surface area contributed by atoms with Crippen LogP contribution in [-0.2, 0) is 11.3 Å². The molecule has 4 heteroatoms. The van der Waals surface area contributed by atoms with Crippen LogP contribution in [0.3, 0.4) is 0 Å². The molecule has 0 radical (unpaired) electrons. The molecule has 106 valence electrons. The average molecular weight is 271 g/mol. The van der Waals surface area contributed by atoms with Crippen LogP contribution in [-0.4, -0.2) is 15.5 Å². The molecule has 1 aromatic carbocycles. The van der Waals surface area contributed by atoms with E-state index in [1.807, 2.05) is 18.2 Å². The number of hydrogen-bond donors (Lipinski definition) is 1. The van der Waals surface area contributed by atoms with Crippen LogP contribution < -0.4 is 5.32 Å². The number of benzene rings is 1. The number of nitrogens with one attached hydrogen (secondary N) is 1. The quantitative estimate of drug-likeness (QED) is 0.908. The molecule has 1 aliphatic rings. The number of fused-ring (bicyclic) bond motifs is 1. The van der Waals surface area contributed by atoms with Crippen molar-refractivity contribution in [2.75, 3.05) is 0 Å². The highest BCUT2D eigenvalue weighted by Gasteiger charge is 2.28. The molecule has 0 aliphatic heterocycles. The van der Waals surface area contributed by atoms with Crippen LogP contribution in [0.1, 0.15) is 45.0 Å². The molecule has 1 heterocycles. The Morgan fingerprint density at radius 1 is 1.40 bits per heavy atom. The second kappa shape index (κ2) is 5.27. The highest BCUT2D eigenvalue weighted by Crippen LogP contribution is 2.38. The molecule has 1 aliphatic carbocycles. The van der Waals surface area contributed by atoms with E-state index < -0.39 is 0 Å². The van der Waals surface area contributed by atoms with Gasteiger partial charge in [0, 0.05) is 12.5 Å². The van der Waals surface area contributed by atoms with Gasteiger partial charge >= 0.3 is 0 Å². The predicted molar refractivity (Wildman–Crippen MR) is 79.3 cm³/mol. The smallest absolute Gasteiger partial charge is 0.220 e. The van der Waals surface area contributed by atoms with Gasteiger partial charge in [0.25, 0.3) is 0 Å². The predicted octanol–water partition coefficient (Wildman–Crippen LogP) is 3.03. The van der Waals surface area contributed by atoms with E-state index in [0.29, 0.717) is 24.9 Å². The highest BCUT2D eigenvalue weighted by molar-refractivity contribution is 5.77. The van der Waals surface area contributed by atoms with Gasteiger partial charge in [-0.15, -0.1) is 0 Å². The molecule has 1 aromatic heterocycles. The van der Waals surface area contributed by atoms with E-state index in [1.54, 1.807) is 0 Å². The van der Waals surface area contributed by atoms with Gasteiger partial charge < -0.3 is 9.88 Å². The molecule has 1 fully saturated rings. The van der Waals surface area contributed by atoms with Crippen LogP contribution in [0.25, 0.3) is 11.0 Å². The first kappa shape index (κ1) is 13.2. The molecule has 20 heavy (non-hydrogen) atoms. The van der Waals surface area contributed by atoms with Crippen molar-refractivity contribution in [2.24, 2.45) is 5.92 Å².